The lowest BCUT2D eigenvalue weighted by Crippen LogP contribution is -2.36. The van der Waals surface area contributed by atoms with Gasteiger partial charge in [0.05, 0.1) is 11.9 Å². The number of hydrogen-bond acceptors (Lipinski definition) is 7. The molecule has 33 heavy (non-hydrogen) atoms. The summed E-state index contributed by atoms with van der Waals surface area (Å²) in [6.07, 6.45) is -2.56. The fourth-order valence-corrected chi connectivity index (χ4v) is 5.09. The normalized spacial score (nSPS) is 14.0. The summed E-state index contributed by atoms with van der Waals surface area (Å²) in [5, 5.41) is 11.4. The molecule has 0 fully saturated rings. The van der Waals surface area contributed by atoms with E-state index in [0.717, 1.165) is 33.2 Å². The van der Waals surface area contributed by atoms with Crippen LogP contribution in [-0.2, 0) is 32.2 Å². The molecule has 172 valence electrons. The molecule has 0 spiro atoms. The first-order valence-electron chi connectivity index (χ1n) is 10.7. The van der Waals surface area contributed by atoms with Gasteiger partial charge in [-0.2, -0.15) is 18.2 Å². The summed E-state index contributed by atoms with van der Waals surface area (Å²) >= 11 is 1.63. The lowest BCUT2D eigenvalue weighted by molar-refractivity contribution is -0.147. The van der Waals surface area contributed by atoms with Gasteiger partial charge in [0.15, 0.2) is 5.82 Å². The molecule has 1 aliphatic rings. The third-order valence-electron chi connectivity index (χ3n) is 5.52. The number of hydrogen-bond donors (Lipinski definition) is 1. The van der Waals surface area contributed by atoms with Gasteiger partial charge < -0.3 is 14.8 Å². The second-order valence-electron chi connectivity index (χ2n) is 7.90. The highest BCUT2D eigenvalue weighted by Crippen LogP contribution is 2.35. The van der Waals surface area contributed by atoms with Crippen LogP contribution < -0.4 is 10.2 Å². The molecule has 1 N–H and O–H groups in total. The van der Waals surface area contributed by atoms with E-state index in [2.05, 4.69) is 28.5 Å². The summed E-state index contributed by atoms with van der Waals surface area (Å²) in [5.74, 6) is 0.533. The van der Waals surface area contributed by atoms with Crippen molar-refractivity contribution in [2.24, 2.45) is 0 Å². The quantitative estimate of drug-likeness (QED) is 0.430. The summed E-state index contributed by atoms with van der Waals surface area (Å²) in [7, 11) is 0. The van der Waals surface area contributed by atoms with Crippen molar-refractivity contribution in [1.29, 1.82) is 0 Å². The van der Waals surface area contributed by atoms with Crippen molar-refractivity contribution >= 4 is 33.3 Å². The molecule has 4 aromatic rings. The molecule has 0 aliphatic carbocycles. The number of benzene rings is 1. The molecule has 0 bridgehead atoms. The average Bonchev–Trinajstić information content (AvgIpc) is 3.41. The lowest BCUT2D eigenvalue weighted by Gasteiger charge is -2.29. The molecule has 5 rings (SSSR count). The molecule has 0 radical (unpaired) electrons. The maximum Gasteiger partial charge on any atom is 0.451 e. The number of aryl methyl sites for hydroxylation is 1. The van der Waals surface area contributed by atoms with Gasteiger partial charge in [0.2, 0.25) is 11.8 Å². The number of nitrogens with zero attached hydrogens (tertiary/aromatic N) is 6. The second kappa shape index (κ2) is 8.62. The average molecular weight is 474 g/mol. The predicted octanol–water partition coefficient (Wildman–Crippen LogP) is 4.89. The van der Waals surface area contributed by atoms with E-state index in [4.69, 9.17) is 9.97 Å². The predicted molar refractivity (Wildman–Crippen MR) is 121 cm³/mol. The van der Waals surface area contributed by atoms with Gasteiger partial charge in [-0.1, -0.05) is 43.7 Å². The molecule has 0 unspecified atom stereocenters. The maximum absolute atomic E-state index is 13.2. The van der Waals surface area contributed by atoms with Gasteiger partial charge in [-0.15, -0.1) is 21.5 Å². The summed E-state index contributed by atoms with van der Waals surface area (Å²) in [4.78, 5) is 13.5. The van der Waals surface area contributed by atoms with Crippen LogP contribution in [-0.4, -0.2) is 31.3 Å². The largest absolute Gasteiger partial charge is 0.451 e. The van der Waals surface area contributed by atoms with Crippen LogP contribution >= 0.6 is 11.3 Å². The summed E-state index contributed by atoms with van der Waals surface area (Å²) in [6, 6.07) is 12.0. The van der Waals surface area contributed by atoms with E-state index in [0.29, 0.717) is 24.9 Å². The molecule has 0 saturated heterocycles. The molecule has 4 heterocycles. The molecule has 11 heteroatoms. The Bertz CT molecular complexity index is 1270. The standard InChI is InChI=1S/C22H22F3N7S/c1-2-6-15-11-16-18(31-9-10-32-17(13-31)29-30-20(32)22(23,24)25)27-21(28-19(16)33-15)26-12-14-7-4-3-5-8-14/h3-5,7-8,11H,2,6,9-10,12-13H2,1H3,(H,26,27,28). The highest BCUT2D eigenvalue weighted by molar-refractivity contribution is 7.18. The highest BCUT2D eigenvalue weighted by atomic mass is 32.1. The number of fused-ring (bicyclic) bond motifs is 2. The van der Waals surface area contributed by atoms with Crippen LogP contribution in [0.25, 0.3) is 10.2 Å². The van der Waals surface area contributed by atoms with E-state index in [1.54, 1.807) is 11.3 Å². The van der Waals surface area contributed by atoms with Gasteiger partial charge in [-0.3, -0.25) is 0 Å². The third kappa shape index (κ3) is 4.37. The van der Waals surface area contributed by atoms with Crippen molar-refractivity contribution in [2.75, 3.05) is 16.8 Å². The minimum absolute atomic E-state index is 0.140. The van der Waals surface area contributed by atoms with Gasteiger partial charge in [0, 0.05) is 24.5 Å². The van der Waals surface area contributed by atoms with Crippen LogP contribution in [0.2, 0.25) is 0 Å². The Kier molecular flexibility index (Phi) is 5.65. The molecule has 3 aromatic heterocycles. The Labute approximate surface area is 192 Å². The molecular formula is C22H22F3N7S. The van der Waals surface area contributed by atoms with Crippen LogP contribution in [0.3, 0.4) is 0 Å². The Morgan fingerprint density at radius 1 is 1.09 bits per heavy atom. The van der Waals surface area contributed by atoms with E-state index in [1.807, 2.05) is 35.2 Å². The Morgan fingerprint density at radius 2 is 1.91 bits per heavy atom. The zero-order valence-electron chi connectivity index (χ0n) is 17.9. The second-order valence-corrected chi connectivity index (χ2v) is 9.02. The molecule has 1 aromatic carbocycles. The maximum atomic E-state index is 13.2. The smallest absolute Gasteiger partial charge is 0.350 e. The molecule has 7 nitrogen and oxygen atoms in total. The van der Waals surface area contributed by atoms with Crippen LogP contribution in [0, 0.1) is 0 Å². The van der Waals surface area contributed by atoms with E-state index >= 15 is 0 Å². The minimum Gasteiger partial charge on any atom is -0.350 e. The first-order valence-corrected chi connectivity index (χ1v) is 11.6. The number of aromatic nitrogens is 5. The SMILES string of the molecule is CCCc1cc2c(N3CCn4c(nnc4C(F)(F)F)C3)nc(NCc3ccccc3)nc2s1. The van der Waals surface area contributed by atoms with Crippen molar-refractivity contribution < 1.29 is 13.2 Å². The Morgan fingerprint density at radius 3 is 2.67 bits per heavy atom. The van der Waals surface area contributed by atoms with Gasteiger partial charge in [-0.05, 0) is 18.1 Å². The zero-order chi connectivity index (χ0) is 23.0. The monoisotopic (exact) mass is 473 g/mol. The van der Waals surface area contributed by atoms with Gasteiger partial charge in [0.1, 0.15) is 10.6 Å². The molecule has 1 aliphatic heterocycles. The number of thiophene rings is 1. The fraction of sp³-hybridized carbons (Fsp3) is 0.364. The highest BCUT2D eigenvalue weighted by Gasteiger charge is 2.39. The third-order valence-corrected chi connectivity index (χ3v) is 6.61. The van der Waals surface area contributed by atoms with Crippen molar-refractivity contribution in [3.63, 3.8) is 0 Å². The first-order chi connectivity index (χ1) is 15.9. The fourth-order valence-electron chi connectivity index (χ4n) is 3.97. The van der Waals surface area contributed by atoms with Crippen LogP contribution in [0.4, 0.5) is 24.9 Å². The van der Waals surface area contributed by atoms with Crippen LogP contribution in [0.1, 0.15) is 35.4 Å². The van der Waals surface area contributed by atoms with Gasteiger partial charge in [0.25, 0.3) is 0 Å². The summed E-state index contributed by atoms with van der Waals surface area (Å²) < 4.78 is 40.8. The molecular weight excluding hydrogens is 451 g/mol. The summed E-state index contributed by atoms with van der Waals surface area (Å²) in [5.41, 5.74) is 1.10. The molecule has 0 saturated carbocycles. The van der Waals surface area contributed by atoms with E-state index in [9.17, 15) is 13.2 Å². The van der Waals surface area contributed by atoms with Crippen molar-refractivity contribution in [1.82, 2.24) is 24.7 Å². The number of nitrogens with one attached hydrogen (secondary N) is 1. The van der Waals surface area contributed by atoms with Crippen molar-refractivity contribution in [2.45, 2.75) is 45.6 Å². The van der Waals surface area contributed by atoms with Crippen molar-refractivity contribution in [3.8, 4) is 0 Å². The van der Waals surface area contributed by atoms with Crippen LogP contribution in [0.5, 0.6) is 0 Å². The topological polar surface area (TPSA) is 71.8 Å². The first kappa shape index (κ1) is 21.6. The number of rotatable bonds is 6. The lowest BCUT2D eigenvalue weighted by atomic mass is 10.2. The van der Waals surface area contributed by atoms with E-state index in [1.165, 1.54) is 4.88 Å². The molecule has 0 amide bonds. The van der Waals surface area contributed by atoms with Gasteiger partial charge in [-0.25, -0.2) is 4.98 Å². The minimum atomic E-state index is -4.52. The summed E-state index contributed by atoms with van der Waals surface area (Å²) in [6.45, 7) is 3.41. The van der Waals surface area contributed by atoms with E-state index < -0.39 is 12.0 Å². The van der Waals surface area contributed by atoms with E-state index in [-0.39, 0.29) is 18.9 Å². The zero-order valence-corrected chi connectivity index (χ0v) is 18.7. The Hall–Kier alpha value is -3.21. The van der Waals surface area contributed by atoms with Crippen LogP contribution in [0.15, 0.2) is 36.4 Å². The number of anilines is 2. The van der Waals surface area contributed by atoms with Crippen molar-refractivity contribution in [3.05, 3.63) is 58.5 Å². The Balaban J connectivity index is 1.48. The number of halogens is 3. The number of alkyl halides is 3. The van der Waals surface area contributed by atoms with Gasteiger partial charge >= 0.3 is 6.18 Å². The molecule has 0 atom stereocenters.